The van der Waals surface area contributed by atoms with Gasteiger partial charge in [0, 0.05) is 45.1 Å². The van der Waals surface area contributed by atoms with Crippen molar-refractivity contribution in [2.75, 3.05) is 32.7 Å². The molecular formula is C25H39N5O3S. The van der Waals surface area contributed by atoms with Crippen LogP contribution in [0.2, 0.25) is 0 Å². The Labute approximate surface area is 203 Å². The molecule has 1 aromatic heterocycles. The van der Waals surface area contributed by atoms with Gasteiger partial charge in [-0.1, -0.05) is 12.8 Å². The molecule has 2 fully saturated rings. The lowest BCUT2D eigenvalue weighted by Crippen LogP contribution is -2.53. The van der Waals surface area contributed by atoms with Crippen molar-refractivity contribution in [1.29, 1.82) is 0 Å². The zero-order valence-corrected chi connectivity index (χ0v) is 21.7. The molecule has 8 nitrogen and oxygen atoms in total. The molecule has 0 saturated carbocycles. The molecule has 2 aliphatic heterocycles. The number of carbonyl (C=O) groups excluding carboxylic acids is 1. The molecule has 1 N–H and O–H groups in total. The topological polar surface area (TPSA) is 87.5 Å². The quantitative estimate of drug-likeness (QED) is 0.616. The third kappa shape index (κ3) is 5.47. The van der Waals surface area contributed by atoms with Crippen LogP contribution in [0.4, 0.5) is 0 Å². The van der Waals surface area contributed by atoms with Gasteiger partial charge in [-0.05, 0) is 70.8 Å². The standard InChI is InChI=1S/C25H39N5O3S/c1-25(2,29-14-6-4-7-15-29)19-26-24(31)13-12-23-27-21-18-20(10-11-22(21)28(23)3)34(32,33)30-16-8-5-9-17-30/h10-11,18H,4-9,12-17,19H2,1-3H3,(H,26,31). The fourth-order valence-corrected chi connectivity index (χ4v) is 6.65. The molecule has 4 rings (SSSR count). The summed E-state index contributed by atoms with van der Waals surface area (Å²) in [4.78, 5) is 20.0. The second-order valence-electron chi connectivity index (χ2n) is 10.3. The third-order valence-electron chi connectivity index (χ3n) is 7.40. The molecule has 1 aromatic carbocycles. The first kappa shape index (κ1) is 25.1. The number of amides is 1. The van der Waals surface area contributed by atoms with Crippen molar-refractivity contribution in [3.63, 3.8) is 0 Å². The van der Waals surface area contributed by atoms with Gasteiger partial charge in [0.1, 0.15) is 5.82 Å². The number of hydrogen-bond acceptors (Lipinski definition) is 5. The zero-order valence-electron chi connectivity index (χ0n) is 20.8. The first-order valence-electron chi connectivity index (χ1n) is 12.7. The van der Waals surface area contributed by atoms with E-state index in [1.165, 1.54) is 19.3 Å². The van der Waals surface area contributed by atoms with Crippen LogP contribution in [0.3, 0.4) is 0 Å². The van der Waals surface area contributed by atoms with Crippen molar-refractivity contribution in [3.8, 4) is 0 Å². The minimum absolute atomic E-state index is 0.0190. The van der Waals surface area contributed by atoms with Gasteiger partial charge in [0.25, 0.3) is 0 Å². The number of sulfonamides is 1. The highest BCUT2D eigenvalue weighted by molar-refractivity contribution is 7.89. The van der Waals surface area contributed by atoms with Crippen molar-refractivity contribution < 1.29 is 13.2 Å². The van der Waals surface area contributed by atoms with Crippen LogP contribution in [-0.4, -0.2) is 71.3 Å². The number of hydrogen-bond donors (Lipinski definition) is 1. The van der Waals surface area contributed by atoms with Gasteiger partial charge in [0.05, 0.1) is 15.9 Å². The van der Waals surface area contributed by atoms with E-state index in [1.807, 2.05) is 17.7 Å². The summed E-state index contributed by atoms with van der Waals surface area (Å²) >= 11 is 0. The Balaban J connectivity index is 1.38. The van der Waals surface area contributed by atoms with E-state index in [1.54, 1.807) is 16.4 Å². The second-order valence-corrected chi connectivity index (χ2v) is 12.3. The number of fused-ring (bicyclic) bond motifs is 1. The van der Waals surface area contributed by atoms with Crippen LogP contribution in [0.25, 0.3) is 11.0 Å². The van der Waals surface area contributed by atoms with Crippen LogP contribution in [0.5, 0.6) is 0 Å². The van der Waals surface area contributed by atoms with Crippen LogP contribution in [0, 0.1) is 0 Å². The number of rotatable bonds is 8. The monoisotopic (exact) mass is 489 g/mol. The van der Waals surface area contributed by atoms with Crippen LogP contribution >= 0.6 is 0 Å². The summed E-state index contributed by atoms with van der Waals surface area (Å²) < 4.78 is 29.6. The normalized spacial score (nSPS) is 18.9. The highest BCUT2D eigenvalue weighted by Gasteiger charge is 2.29. The Morgan fingerprint density at radius 3 is 2.35 bits per heavy atom. The van der Waals surface area contributed by atoms with E-state index in [-0.39, 0.29) is 11.4 Å². The average Bonchev–Trinajstić information content (AvgIpc) is 3.17. The largest absolute Gasteiger partial charge is 0.354 e. The number of nitrogens with zero attached hydrogens (tertiary/aromatic N) is 4. The van der Waals surface area contributed by atoms with Crippen molar-refractivity contribution in [2.45, 2.75) is 75.6 Å². The highest BCUT2D eigenvalue weighted by Crippen LogP contribution is 2.25. The van der Waals surface area contributed by atoms with E-state index < -0.39 is 10.0 Å². The molecule has 0 spiro atoms. The molecule has 0 aliphatic carbocycles. The maximum absolute atomic E-state index is 13.0. The zero-order chi connectivity index (χ0) is 24.3. The van der Waals surface area contributed by atoms with E-state index in [4.69, 9.17) is 0 Å². The van der Waals surface area contributed by atoms with E-state index >= 15 is 0 Å². The fourth-order valence-electron chi connectivity index (χ4n) is 5.11. The summed E-state index contributed by atoms with van der Waals surface area (Å²) in [6.45, 7) is 8.37. The second kappa shape index (κ2) is 10.3. The number of aromatic nitrogens is 2. The number of aryl methyl sites for hydroxylation is 2. The van der Waals surface area contributed by atoms with Crippen LogP contribution in [0.1, 0.15) is 64.6 Å². The Morgan fingerprint density at radius 2 is 1.68 bits per heavy atom. The van der Waals surface area contributed by atoms with Gasteiger partial charge in [-0.15, -0.1) is 0 Å². The van der Waals surface area contributed by atoms with E-state index in [9.17, 15) is 13.2 Å². The van der Waals surface area contributed by atoms with Gasteiger partial charge in [-0.2, -0.15) is 4.31 Å². The predicted octanol–water partition coefficient (Wildman–Crippen LogP) is 3.06. The molecular weight excluding hydrogens is 450 g/mol. The van der Waals surface area contributed by atoms with Gasteiger partial charge < -0.3 is 9.88 Å². The number of imidazole rings is 1. The lowest BCUT2D eigenvalue weighted by Gasteiger charge is -2.41. The lowest BCUT2D eigenvalue weighted by atomic mass is 9.98. The van der Waals surface area contributed by atoms with Gasteiger partial charge in [0.2, 0.25) is 15.9 Å². The summed E-state index contributed by atoms with van der Waals surface area (Å²) in [6.07, 6.45) is 7.51. The van der Waals surface area contributed by atoms with Gasteiger partial charge in [0.15, 0.2) is 0 Å². The summed E-state index contributed by atoms with van der Waals surface area (Å²) in [6, 6.07) is 5.17. The third-order valence-corrected chi connectivity index (χ3v) is 9.30. The van der Waals surface area contributed by atoms with Crippen molar-refractivity contribution >= 4 is 27.0 Å². The maximum Gasteiger partial charge on any atom is 0.243 e. The molecule has 0 bridgehead atoms. The number of carbonyl (C=O) groups is 1. The molecule has 2 saturated heterocycles. The Kier molecular flexibility index (Phi) is 7.64. The number of nitrogens with one attached hydrogen (secondary N) is 1. The maximum atomic E-state index is 13.0. The molecule has 0 unspecified atom stereocenters. The van der Waals surface area contributed by atoms with Crippen LogP contribution in [-0.2, 0) is 28.3 Å². The van der Waals surface area contributed by atoms with Crippen molar-refractivity contribution in [1.82, 2.24) is 24.1 Å². The Bertz CT molecular complexity index is 1110. The fraction of sp³-hybridized carbons (Fsp3) is 0.680. The summed E-state index contributed by atoms with van der Waals surface area (Å²) in [5.74, 6) is 0.804. The highest BCUT2D eigenvalue weighted by atomic mass is 32.2. The number of likely N-dealkylation sites (tertiary alicyclic amines) is 1. The summed E-state index contributed by atoms with van der Waals surface area (Å²) in [5.41, 5.74) is 1.48. The van der Waals surface area contributed by atoms with Gasteiger partial charge in [-0.25, -0.2) is 13.4 Å². The van der Waals surface area contributed by atoms with Gasteiger partial charge >= 0.3 is 0 Å². The first-order valence-corrected chi connectivity index (χ1v) is 14.1. The predicted molar refractivity (Wildman–Crippen MR) is 134 cm³/mol. The van der Waals surface area contributed by atoms with E-state index in [0.29, 0.717) is 42.9 Å². The minimum Gasteiger partial charge on any atom is -0.354 e. The molecule has 3 heterocycles. The molecule has 188 valence electrons. The SMILES string of the molecule is Cn1c(CCC(=O)NCC(C)(C)N2CCCCC2)nc2cc(S(=O)(=O)N3CCCCC3)ccc21. The Morgan fingerprint density at radius 1 is 1.03 bits per heavy atom. The van der Waals surface area contributed by atoms with Crippen molar-refractivity contribution in [3.05, 3.63) is 24.0 Å². The number of piperidine rings is 2. The molecule has 1 amide bonds. The first-order chi connectivity index (χ1) is 16.2. The molecule has 2 aromatic rings. The van der Waals surface area contributed by atoms with E-state index in [2.05, 4.69) is 29.0 Å². The smallest absolute Gasteiger partial charge is 0.243 e. The van der Waals surface area contributed by atoms with E-state index in [0.717, 1.165) is 43.7 Å². The van der Waals surface area contributed by atoms with Crippen molar-refractivity contribution in [2.24, 2.45) is 7.05 Å². The molecule has 34 heavy (non-hydrogen) atoms. The van der Waals surface area contributed by atoms with Gasteiger partial charge in [-0.3, -0.25) is 9.69 Å². The molecule has 9 heteroatoms. The molecule has 2 aliphatic rings. The molecule has 0 radical (unpaired) electrons. The minimum atomic E-state index is -3.50. The van der Waals surface area contributed by atoms with Crippen LogP contribution in [0.15, 0.2) is 23.1 Å². The van der Waals surface area contributed by atoms with Crippen LogP contribution < -0.4 is 5.32 Å². The number of benzene rings is 1. The molecule has 0 atom stereocenters. The summed E-state index contributed by atoms with van der Waals surface area (Å²) in [5, 5.41) is 3.11. The Hall–Kier alpha value is -1.97. The summed E-state index contributed by atoms with van der Waals surface area (Å²) in [7, 11) is -1.58. The average molecular weight is 490 g/mol. The lowest BCUT2D eigenvalue weighted by molar-refractivity contribution is -0.121.